The van der Waals surface area contributed by atoms with E-state index in [4.69, 9.17) is 0 Å². The highest BCUT2D eigenvalue weighted by molar-refractivity contribution is 8.00. The van der Waals surface area contributed by atoms with E-state index in [1.54, 1.807) is 0 Å². The second-order valence-electron chi connectivity index (χ2n) is 5.68. The Morgan fingerprint density at radius 2 is 1.90 bits per heavy atom. The highest BCUT2D eigenvalue weighted by Gasteiger charge is 2.43. The first-order chi connectivity index (χ1) is 9.37. The molecule has 0 spiro atoms. The van der Waals surface area contributed by atoms with Crippen molar-refractivity contribution in [2.24, 2.45) is 0 Å². The lowest BCUT2D eigenvalue weighted by atomic mass is 9.80. The molecule has 2 atom stereocenters. The van der Waals surface area contributed by atoms with Gasteiger partial charge < -0.3 is 5.11 Å². The van der Waals surface area contributed by atoms with E-state index in [1.807, 2.05) is 11.8 Å². The van der Waals surface area contributed by atoms with E-state index in [1.165, 1.54) is 6.07 Å². The topological polar surface area (TPSA) is 33.1 Å². The average molecular weight is 303 g/mol. The molecule has 3 rings (SSSR count). The number of aromatic nitrogens is 1. The minimum atomic E-state index is -4.47. The summed E-state index contributed by atoms with van der Waals surface area (Å²) in [5, 5.41) is 11.5. The normalized spacial score (nSPS) is 34.0. The molecule has 0 aliphatic carbocycles. The standard InChI is InChI=1S/C14H16F3NOS/c15-14(16,17)12-6-9(4-5-18-12)13(19)7-10-2-1-3-11(8-13)20-10/h4-6,10-11,19H,1-3,7-8H2. The summed E-state index contributed by atoms with van der Waals surface area (Å²) in [6.45, 7) is 0. The molecular formula is C14H16F3NOS. The smallest absolute Gasteiger partial charge is 0.385 e. The first-order valence-electron chi connectivity index (χ1n) is 6.78. The summed E-state index contributed by atoms with van der Waals surface area (Å²) in [5.41, 5.74) is -1.70. The van der Waals surface area contributed by atoms with Gasteiger partial charge in [0.25, 0.3) is 0 Å². The van der Waals surface area contributed by atoms with E-state index in [0.29, 0.717) is 28.9 Å². The molecule has 1 aromatic rings. The highest BCUT2D eigenvalue weighted by atomic mass is 32.2. The molecule has 0 saturated carbocycles. The third-order valence-corrected chi connectivity index (χ3v) is 5.73. The van der Waals surface area contributed by atoms with Gasteiger partial charge in [-0.2, -0.15) is 24.9 Å². The molecule has 2 aliphatic rings. The van der Waals surface area contributed by atoms with Gasteiger partial charge in [-0.05, 0) is 43.4 Å². The van der Waals surface area contributed by atoms with Gasteiger partial charge in [0.15, 0.2) is 0 Å². The van der Waals surface area contributed by atoms with Gasteiger partial charge in [-0.25, -0.2) is 0 Å². The fourth-order valence-electron chi connectivity index (χ4n) is 3.23. The number of thioether (sulfide) groups is 1. The van der Waals surface area contributed by atoms with Crippen LogP contribution in [0.5, 0.6) is 0 Å². The molecule has 2 fully saturated rings. The number of pyridine rings is 1. The molecule has 0 amide bonds. The summed E-state index contributed by atoms with van der Waals surface area (Å²) in [4.78, 5) is 3.37. The highest BCUT2D eigenvalue weighted by Crippen LogP contribution is 2.49. The Hall–Kier alpha value is -0.750. The number of aliphatic hydroxyl groups is 1. The van der Waals surface area contributed by atoms with Crippen LogP contribution >= 0.6 is 11.8 Å². The van der Waals surface area contributed by atoms with Gasteiger partial charge in [-0.3, -0.25) is 4.98 Å². The summed E-state index contributed by atoms with van der Waals surface area (Å²) in [7, 11) is 0. The lowest BCUT2D eigenvalue weighted by molar-refractivity contribution is -0.141. The van der Waals surface area contributed by atoms with E-state index in [9.17, 15) is 18.3 Å². The van der Waals surface area contributed by atoms with Crippen LogP contribution in [0.15, 0.2) is 18.3 Å². The number of hydrogen-bond acceptors (Lipinski definition) is 3. The minimum Gasteiger partial charge on any atom is -0.385 e. The maximum Gasteiger partial charge on any atom is 0.433 e. The van der Waals surface area contributed by atoms with Crippen LogP contribution in [0, 0.1) is 0 Å². The van der Waals surface area contributed by atoms with Crippen molar-refractivity contribution in [2.45, 2.75) is 54.4 Å². The Labute approximate surface area is 119 Å². The molecule has 2 nitrogen and oxygen atoms in total. The molecular weight excluding hydrogens is 287 g/mol. The fraction of sp³-hybridized carbons (Fsp3) is 0.643. The molecule has 2 saturated heterocycles. The molecule has 6 heteroatoms. The number of nitrogens with zero attached hydrogens (tertiary/aromatic N) is 1. The van der Waals surface area contributed by atoms with Crippen molar-refractivity contribution < 1.29 is 18.3 Å². The number of rotatable bonds is 1. The minimum absolute atomic E-state index is 0.356. The Morgan fingerprint density at radius 3 is 2.50 bits per heavy atom. The molecule has 2 bridgehead atoms. The van der Waals surface area contributed by atoms with Gasteiger partial charge in [0, 0.05) is 16.7 Å². The Balaban J connectivity index is 1.91. The van der Waals surface area contributed by atoms with Gasteiger partial charge in [0.2, 0.25) is 0 Å². The van der Waals surface area contributed by atoms with Crippen LogP contribution < -0.4 is 0 Å². The molecule has 3 heterocycles. The molecule has 2 aliphatic heterocycles. The van der Waals surface area contributed by atoms with E-state index in [0.717, 1.165) is 31.5 Å². The zero-order valence-electron chi connectivity index (χ0n) is 10.9. The van der Waals surface area contributed by atoms with Crippen molar-refractivity contribution in [3.8, 4) is 0 Å². The molecule has 1 aromatic heterocycles. The second kappa shape index (κ2) is 4.91. The van der Waals surface area contributed by atoms with Crippen molar-refractivity contribution in [2.75, 3.05) is 0 Å². The van der Waals surface area contributed by atoms with E-state index < -0.39 is 17.5 Å². The summed E-state index contributed by atoms with van der Waals surface area (Å²) in [6.07, 6.45) is 0.994. The third kappa shape index (κ3) is 2.68. The van der Waals surface area contributed by atoms with Gasteiger partial charge in [0.05, 0.1) is 5.60 Å². The quantitative estimate of drug-likeness (QED) is 0.858. The van der Waals surface area contributed by atoms with E-state index in [2.05, 4.69) is 4.98 Å². The van der Waals surface area contributed by atoms with Crippen molar-refractivity contribution in [3.63, 3.8) is 0 Å². The Bertz CT molecular complexity index is 493. The molecule has 0 radical (unpaired) electrons. The molecule has 0 aromatic carbocycles. The second-order valence-corrected chi connectivity index (χ2v) is 7.28. The monoisotopic (exact) mass is 303 g/mol. The SMILES string of the molecule is OC1(c2ccnc(C(F)(F)F)c2)CC2CCCC(C1)S2. The van der Waals surface area contributed by atoms with Crippen LogP contribution in [0.4, 0.5) is 13.2 Å². The summed E-state index contributed by atoms with van der Waals surface area (Å²) in [5.74, 6) is 0. The van der Waals surface area contributed by atoms with Crippen molar-refractivity contribution in [3.05, 3.63) is 29.6 Å². The van der Waals surface area contributed by atoms with Crippen LogP contribution in [0.25, 0.3) is 0 Å². The van der Waals surface area contributed by atoms with Gasteiger partial charge in [-0.1, -0.05) is 6.42 Å². The van der Waals surface area contributed by atoms with Crippen molar-refractivity contribution in [1.29, 1.82) is 0 Å². The zero-order chi connectivity index (χ0) is 14.4. The van der Waals surface area contributed by atoms with Crippen molar-refractivity contribution >= 4 is 11.8 Å². The van der Waals surface area contributed by atoms with Crippen LogP contribution in [0.3, 0.4) is 0 Å². The third-order valence-electron chi connectivity index (χ3n) is 4.16. The first kappa shape index (κ1) is 14.2. The number of fused-ring (bicyclic) bond motifs is 2. The van der Waals surface area contributed by atoms with Gasteiger partial charge in [-0.15, -0.1) is 0 Å². The summed E-state index contributed by atoms with van der Waals surface area (Å²) < 4.78 is 38.2. The Kier molecular flexibility index (Phi) is 3.49. The molecule has 110 valence electrons. The van der Waals surface area contributed by atoms with Crippen LogP contribution in [-0.4, -0.2) is 20.6 Å². The summed E-state index contributed by atoms with van der Waals surface area (Å²) in [6, 6.07) is 2.52. The average Bonchev–Trinajstić information content (AvgIpc) is 2.37. The number of halogens is 3. The van der Waals surface area contributed by atoms with Gasteiger partial charge in [0.1, 0.15) is 5.69 Å². The van der Waals surface area contributed by atoms with Crippen LogP contribution in [0.1, 0.15) is 43.4 Å². The molecule has 1 N–H and O–H groups in total. The predicted octanol–water partition coefficient (Wildman–Crippen LogP) is 3.74. The first-order valence-corrected chi connectivity index (χ1v) is 7.73. The zero-order valence-corrected chi connectivity index (χ0v) is 11.7. The predicted molar refractivity (Wildman–Crippen MR) is 71.4 cm³/mol. The number of alkyl halides is 3. The fourth-order valence-corrected chi connectivity index (χ4v) is 5.12. The van der Waals surface area contributed by atoms with Crippen LogP contribution in [0.2, 0.25) is 0 Å². The summed E-state index contributed by atoms with van der Waals surface area (Å²) >= 11 is 1.88. The van der Waals surface area contributed by atoms with Crippen LogP contribution in [-0.2, 0) is 11.8 Å². The molecule has 2 unspecified atom stereocenters. The Morgan fingerprint density at radius 1 is 1.25 bits per heavy atom. The van der Waals surface area contributed by atoms with E-state index in [-0.39, 0.29) is 0 Å². The lowest BCUT2D eigenvalue weighted by Gasteiger charge is -2.44. The largest absolute Gasteiger partial charge is 0.433 e. The lowest BCUT2D eigenvalue weighted by Crippen LogP contribution is -2.40. The maximum absolute atomic E-state index is 12.7. The van der Waals surface area contributed by atoms with Gasteiger partial charge >= 0.3 is 6.18 Å². The van der Waals surface area contributed by atoms with Crippen molar-refractivity contribution in [1.82, 2.24) is 4.98 Å². The van der Waals surface area contributed by atoms with E-state index >= 15 is 0 Å². The maximum atomic E-state index is 12.7. The number of hydrogen-bond donors (Lipinski definition) is 1. The molecule has 20 heavy (non-hydrogen) atoms.